The minimum Gasteiger partial charge on any atom is -0.378 e. The lowest BCUT2D eigenvalue weighted by Crippen LogP contribution is -2.00. The van der Waals surface area contributed by atoms with Crippen molar-refractivity contribution in [2.45, 2.75) is 13.5 Å². The third-order valence-electron chi connectivity index (χ3n) is 2.50. The second-order valence-electron chi connectivity index (χ2n) is 3.89. The fourth-order valence-electron chi connectivity index (χ4n) is 1.63. The zero-order valence-corrected chi connectivity index (χ0v) is 10.4. The molecule has 0 fully saturated rings. The van der Waals surface area contributed by atoms with E-state index in [0.29, 0.717) is 11.6 Å². The molecule has 3 nitrogen and oxygen atoms in total. The van der Waals surface area contributed by atoms with E-state index < -0.39 is 0 Å². The second-order valence-corrected chi connectivity index (χ2v) is 4.30. The number of aryl methyl sites for hydroxylation is 2. The van der Waals surface area contributed by atoms with Crippen LogP contribution in [0.15, 0.2) is 24.4 Å². The van der Waals surface area contributed by atoms with E-state index in [9.17, 15) is 4.39 Å². The summed E-state index contributed by atoms with van der Waals surface area (Å²) in [5.41, 5.74) is 2.73. The van der Waals surface area contributed by atoms with E-state index in [0.717, 1.165) is 16.9 Å². The van der Waals surface area contributed by atoms with Gasteiger partial charge in [-0.1, -0.05) is 17.7 Å². The maximum Gasteiger partial charge on any atom is 0.124 e. The topological polar surface area (TPSA) is 29.9 Å². The molecule has 0 amide bonds. The van der Waals surface area contributed by atoms with Crippen molar-refractivity contribution in [1.82, 2.24) is 9.78 Å². The predicted molar refractivity (Wildman–Crippen MR) is 66.7 cm³/mol. The van der Waals surface area contributed by atoms with Crippen molar-refractivity contribution < 1.29 is 4.39 Å². The molecule has 0 aliphatic heterocycles. The van der Waals surface area contributed by atoms with E-state index in [1.54, 1.807) is 10.7 Å². The average molecular weight is 254 g/mol. The van der Waals surface area contributed by atoms with Gasteiger partial charge in [0.05, 0.1) is 11.4 Å². The van der Waals surface area contributed by atoms with E-state index in [-0.39, 0.29) is 5.82 Å². The summed E-state index contributed by atoms with van der Waals surface area (Å²) in [7, 11) is 1.86. The van der Waals surface area contributed by atoms with E-state index in [1.165, 1.54) is 12.1 Å². The largest absolute Gasteiger partial charge is 0.378 e. The number of hydrogen-bond donors (Lipinski definition) is 1. The van der Waals surface area contributed by atoms with E-state index in [4.69, 9.17) is 11.6 Å². The summed E-state index contributed by atoms with van der Waals surface area (Å²) in [6.45, 7) is 2.47. The highest BCUT2D eigenvalue weighted by Crippen LogP contribution is 2.19. The maximum absolute atomic E-state index is 12.9. The summed E-state index contributed by atoms with van der Waals surface area (Å²) >= 11 is 5.94. The molecule has 1 aromatic heterocycles. The molecule has 0 atom stereocenters. The fourth-order valence-corrected chi connectivity index (χ4v) is 1.86. The molecule has 0 aliphatic carbocycles. The molecule has 0 radical (unpaired) electrons. The molecule has 2 rings (SSSR count). The highest BCUT2D eigenvalue weighted by Gasteiger charge is 2.05. The quantitative estimate of drug-likeness (QED) is 0.911. The first-order valence-corrected chi connectivity index (χ1v) is 5.62. The van der Waals surface area contributed by atoms with E-state index in [1.807, 2.05) is 20.2 Å². The van der Waals surface area contributed by atoms with Crippen LogP contribution in [0.2, 0.25) is 5.02 Å². The molecule has 0 saturated heterocycles. The van der Waals surface area contributed by atoms with Gasteiger partial charge in [-0.25, -0.2) is 4.39 Å². The van der Waals surface area contributed by atoms with Crippen LogP contribution in [0.3, 0.4) is 0 Å². The Kier molecular flexibility index (Phi) is 3.33. The molecule has 2 aromatic rings. The van der Waals surface area contributed by atoms with Gasteiger partial charge in [0.15, 0.2) is 0 Å². The molecular weight excluding hydrogens is 241 g/mol. The van der Waals surface area contributed by atoms with Crippen LogP contribution in [-0.4, -0.2) is 9.78 Å². The van der Waals surface area contributed by atoms with Crippen LogP contribution in [-0.2, 0) is 13.6 Å². The number of halogens is 2. The van der Waals surface area contributed by atoms with E-state index >= 15 is 0 Å². The minimum absolute atomic E-state index is 0.323. The van der Waals surface area contributed by atoms with Crippen molar-refractivity contribution in [3.8, 4) is 0 Å². The van der Waals surface area contributed by atoms with Crippen LogP contribution in [0.1, 0.15) is 11.3 Å². The van der Waals surface area contributed by atoms with Gasteiger partial charge in [0.2, 0.25) is 0 Å². The van der Waals surface area contributed by atoms with Crippen LogP contribution >= 0.6 is 11.6 Å². The molecule has 1 aromatic carbocycles. The van der Waals surface area contributed by atoms with Crippen molar-refractivity contribution in [3.63, 3.8) is 0 Å². The van der Waals surface area contributed by atoms with Crippen LogP contribution in [0.5, 0.6) is 0 Å². The average Bonchev–Trinajstić information content (AvgIpc) is 2.56. The Morgan fingerprint density at radius 1 is 1.47 bits per heavy atom. The molecule has 0 unspecified atom stereocenters. The van der Waals surface area contributed by atoms with Crippen LogP contribution in [0.4, 0.5) is 10.1 Å². The van der Waals surface area contributed by atoms with Gasteiger partial charge < -0.3 is 5.32 Å². The summed E-state index contributed by atoms with van der Waals surface area (Å²) in [6, 6.07) is 4.39. The van der Waals surface area contributed by atoms with Gasteiger partial charge in [-0.05, 0) is 24.6 Å². The summed E-state index contributed by atoms with van der Waals surface area (Å²) in [5.74, 6) is -0.323. The molecule has 90 valence electrons. The lowest BCUT2D eigenvalue weighted by atomic mass is 10.2. The number of aromatic nitrogens is 2. The monoisotopic (exact) mass is 253 g/mol. The Bertz CT molecular complexity index is 537. The molecule has 0 bridgehead atoms. The first kappa shape index (κ1) is 11.9. The van der Waals surface area contributed by atoms with Gasteiger partial charge in [-0.2, -0.15) is 5.10 Å². The number of anilines is 1. The molecule has 1 N–H and O–H groups in total. The predicted octanol–water partition coefficient (Wildman–Crippen LogP) is 3.13. The molecule has 0 aliphatic rings. The normalized spacial score (nSPS) is 10.6. The molecule has 17 heavy (non-hydrogen) atoms. The van der Waals surface area contributed by atoms with Crippen molar-refractivity contribution in [3.05, 3.63) is 46.5 Å². The highest BCUT2D eigenvalue weighted by molar-refractivity contribution is 6.31. The van der Waals surface area contributed by atoms with Crippen molar-refractivity contribution >= 4 is 17.3 Å². The first-order chi connectivity index (χ1) is 8.06. The fraction of sp³-hybridized carbons (Fsp3) is 0.250. The molecule has 1 heterocycles. The van der Waals surface area contributed by atoms with Gasteiger partial charge in [-0.15, -0.1) is 0 Å². The zero-order chi connectivity index (χ0) is 12.4. The maximum atomic E-state index is 12.9. The Morgan fingerprint density at radius 3 is 2.82 bits per heavy atom. The van der Waals surface area contributed by atoms with Gasteiger partial charge in [-0.3, -0.25) is 4.68 Å². The van der Waals surface area contributed by atoms with Gasteiger partial charge >= 0.3 is 0 Å². The summed E-state index contributed by atoms with van der Waals surface area (Å²) in [5, 5.41) is 7.87. The number of rotatable bonds is 3. The molecule has 0 spiro atoms. The number of nitrogens with zero attached hydrogens (tertiary/aromatic N) is 2. The lowest BCUT2D eigenvalue weighted by Gasteiger charge is -2.06. The zero-order valence-electron chi connectivity index (χ0n) is 9.67. The summed E-state index contributed by atoms with van der Waals surface area (Å²) in [6.07, 6.45) is 1.90. The summed E-state index contributed by atoms with van der Waals surface area (Å²) in [4.78, 5) is 0. The van der Waals surface area contributed by atoms with Crippen LogP contribution in [0.25, 0.3) is 0 Å². The summed E-state index contributed by atoms with van der Waals surface area (Å²) < 4.78 is 14.6. The smallest absolute Gasteiger partial charge is 0.124 e. The third-order valence-corrected chi connectivity index (χ3v) is 2.85. The molecular formula is C12H13ClFN3. The van der Waals surface area contributed by atoms with Crippen molar-refractivity contribution in [2.75, 3.05) is 5.32 Å². The standard InChI is InChI=1S/C12H13ClFN3/c1-8-12(7-17(2)16-8)15-6-9-3-4-10(14)5-11(9)13/h3-5,7,15H,6H2,1-2H3. The second kappa shape index (κ2) is 4.75. The Labute approximate surface area is 104 Å². The minimum atomic E-state index is -0.323. The Hall–Kier alpha value is -1.55. The third kappa shape index (κ3) is 2.77. The van der Waals surface area contributed by atoms with Gasteiger partial charge in [0, 0.05) is 24.8 Å². The van der Waals surface area contributed by atoms with Crippen LogP contribution < -0.4 is 5.32 Å². The van der Waals surface area contributed by atoms with Gasteiger partial charge in [0.25, 0.3) is 0 Å². The highest BCUT2D eigenvalue weighted by atomic mass is 35.5. The Morgan fingerprint density at radius 2 is 2.24 bits per heavy atom. The van der Waals surface area contributed by atoms with Gasteiger partial charge in [0.1, 0.15) is 5.82 Å². The van der Waals surface area contributed by atoms with E-state index in [2.05, 4.69) is 10.4 Å². The first-order valence-electron chi connectivity index (χ1n) is 5.24. The van der Waals surface area contributed by atoms with Crippen molar-refractivity contribution in [1.29, 1.82) is 0 Å². The number of nitrogens with one attached hydrogen (secondary N) is 1. The Balaban J connectivity index is 2.10. The molecule has 5 heteroatoms. The molecule has 0 saturated carbocycles. The van der Waals surface area contributed by atoms with Crippen molar-refractivity contribution in [2.24, 2.45) is 7.05 Å². The number of benzene rings is 1. The SMILES string of the molecule is Cc1nn(C)cc1NCc1ccc(F)cc1Cl. The number of hydrogen-bond acceptors (Lipinski definition) is 2. The van der Waals surface area contributed by atoms with Crippen LogP contribution in [0, 0.1) is 12.7 Å². The lowest BCUT2D eigenvalue weighted by molar-refractivity contribution is 0.627.